The zero-order valence-corrected chi connectivity index (χ0v) is 10.0. The summed E-state index contributed by atoms with van der Waals surface area (Å²) in [6.07, 6.45) is 3.56. The monoisotopic (exact) mass is 256 g/mol. The second kappa shape index (κ2) is 7.28. The highest BCUT2D eigenvalue weighted by atomic mass is 16.5. The Morgan fingerprint density at radius 2 is 2.33 bits per heavy atom. The van der Waals surface area contributed by atoms with Crippen LogP contribution in [0.15, 0.2) is 12.4 Å². The number of nitrogens with zero attached hydrogens (tertiary/aromatic N) is 2. The maximum Gasteiger partial charge on any atom is 0.325 e. The third-order valence-electron chi connectivity index (χ3n) is 2.00. The van der Waals surface area contributed by atoms with E-state index in [-0.39, 0.29) is 12.6 Å². The molecule has 0 saturated heterocycles. The van der Waals surface area contributed by atoms with Gasteiger partial charge in [0.2, 0.25) is 0 Å². The Morgan fingerprint density at radius 1 is 1.56 bits per heavy atom. The lowest BCUT2D eigenvalue weighted by Crippen LogP contribution is -2.29. The first-order valence-electron chi connectivity index (χ1n) is 5.40. The molecule has 1 heterocycles. The molecule has 2 amide bonds. The maximum atomic E-state index is 11.4. The first-order valence-corrected chi connectivity index (χ1v) is 5.40. The molecule has 0 unspecified atom stereocenters. The normalized spacial score (nSPS) is 10.1. The van der Waals surface area contributed by atoms with Gasteiger partial charge in [0.05, 0.1) is 11.9 Å². The van der Waals surface area contributed by atoms with E-state index in [9.17, 15) is 9.59 Å². The van der Waals surface area contributed by atoms with Crippen molar-refractivity contribution in [2.75, 3.05) is 25.6 Å². The molecule has 0 spiro atoms. The molecule has 0 aromatic carbocycles. The number of rotatable bonds is 7. The molecule has 3 N–H and O–H groups in total. The summed E-state index contributed by atoms with van der Waals surface area (Å²) in [6.45, 7) is 0.844. The number of aromatic nitrogens is 2. The largest absolute Gasteiger partial charge is 0.480 e. The predicted molar refractivity (Wildman–Crippen MR) is 63.4 cm³/mol. The zero-order valence-electron chi connectivity index (χ0n) is 10.0. The fraction of sp³-hybridized carbons (Fsp3) is 0.500. The van der Waals surface area contributed by atoms with Crippen LogP contribution in [-0.4, -0.2) is 47.1 Å². The number of ether oxygens (including phenoxy) is 1. The molecule has 0 aliphatic rings. The van der Waals surface area contributed by atoms with E-state index in [1.807, 2.05) is 0 Å². The molecule has 18 heavy (non-hydrogen) atoms. The lowest BCUT2D eigenvalue weighted by molar-refractivity contribution is -0.137. The van der Waals surface area contributed by atoms with Gasteiger partial charge in [-0.2, -0.15) is 5.10 Å². The third-order valence-corrected chi connectivity index (χ3v) is 2.00. The molecule has 0 aliphatic carbocycles. The van der Waals surface area contributed by atoms with E-state index >= 15 is 0 Å². The van der Waals surface area contributed by atoms with Crippen molar-refractivity contribution in [1.29, 1.82) is 0 Å². The number of aliphatic carboxylic acids is 1. The smallest absolute Gasteiger partial charge is 0.325 e. The second-order valence-corrected chi connectivity index (χ2v) is 3.55. The van der Waals surface area contributed by atoms with Gasteiger partial charge >= 0.3 is 12.0 Å². The van der Waals surface area contributed by atoms with Crippen molar-refractivity contribution in [2.24, 2.45) is 0 Å². The number of anilines is 1. The summed E-state index contributed by atoms with van der Waals surface area (Å²) < 4.78 is 6.07. The fourth-order valence-corrected chi connectivity index (χ4v) is 1.25. The van der Waals surface area contributed by atoms with E-state index < -0.39 is 5.97 Å². The molecule has 0 bridgehead atoms. The molecular formula is C10H16N4O4. The van der Waals surface area contributed by atoms with Crippen molar-refractivity contribution in [3.63, 3.8) is 0 Å². The van der Waals surface area contributed by atoms with Crippen molar-refractivity contribution in [1.82, 2.24) is 15.1 Å². The number of carbonyl (C=O) groups excluding carboxylic acids is 1. The Bertz CT molecular complexity index is 404. The molecule has 1 aromatic heterocycles. The average Bonchev–Trinajstić information content (AvgIpc) is 2.71. The first-order chi connectivity index (χ1) is 8.61. The van der Waals surface area contributed by atoms with Crippen molar-refractivity contribution < 1.29 is 19.4 Å². The Morgan fingerprint density at radius 3 is 3.00 bits per heavy atom. The van der Waals surface area contributed by atoms with Gasteiger partial charge in [0, 0.05) is 26.5 Å². The van der Waals surface area contributed by atoms with Gasteiger partial charge in [-0.25, -0.2) is 4.79 Å². The van der Waals surface area contributed by atoms with E-state index in [4.69, 9.17) is 9.84 Å². The molecule has 0 fully saturated rings. The lowest BCUT2D eigenvalue weighted by atomic mass is 10.4. The second-order valence-electron chi connectivity index (χ2n) is 3.55. The predicted octanol–water partition coefficient (Wildman–Crippen LogP) is 0.126. The van der Waals surface area contributed by atoms with Gasteiger partial charge in [-0.15, -0.1) is 0 Å². The maximum absolute atomic E-state index is 11.4. The zero-order chi connectivity index (χ0) is 13.4. The number of carbonyl (C=O) groups is 2. The minimum Gasteiger partial charge on any atom is -0.480 e. The molecule has 1 aromatic rings. The first kappa shape index (κ1) is 14.0. The van der Waals surface area contributed by atoms with Crippen LogP contribution in [0, 0.1) is 0 Å². The van der Waals surface area contributed by atoms with E-state index in [2.05, 4.69) is 15.7 Å². The third kappa shape index (κ3) is 5.30. The Balaban J connectivity index is 2.31. The van der Waals surface area contributed by atoms with Crippen molar-refractivity contribution in [3.05, 3.63) is 12.4 Å². The number of hydrogen-bond acceptors (Lipinski definition) is 4. The summed E-state index contributed by atoms with van der Waals surface area (Å²) in [6, 6.07) is -0.360. The van der Waals surface area contributed by atoms with Gasteiger partial charge in [-0.05, 0) is 6.42 Å². The molecule has 100 valence electrons. The summed E-state index contributed by atoms with van der Waals surface area (Å²) in [5.74, 6) is -0.992. The molecular weight excluding hydrogens is 240 g/mol. The van der Waals surface area contributed by atoms with E-state index in [0.29, 0.717) is 18.8 Å². The molecule has 0 aliphatic heterocycles. The van der Waals surface area contributed by atoms with Crippen LogP contribution in [0.3, 0.4) is 0 Å². The number of methoxy groups -OCH3 is 1. The summed E-state index contributed by atoms with van der Waals surface area (Å²) in [4.78, 5) is 21.8. The number of urea groups is 1. The highest BCUT2D eigenvalue weighted by molar-refractivity contribution is 5.88. The minimum absolute atomic E-state index is 0.239. The van der Waals surface area contributed by atoms with Gasteiger partial charge in [0.15, 0.2) is 0 Å². The lowest BCUT2D eigenvalue weighted by Gasteiger charge is -2.04. The number of nitrogens with one attached hydrogen (secondary N) is 2. The standard InChI is InChI=1S/C10H16N4O4/c1-18-4-2-3-11-10(17)13-8-5-12-14(6-8)7-9(15)16/h5-6H,2-4,7H2,1H3,(H,15,16)(H2,11,13,17). The summed E-state index contributed by atoms with van der Waals surface area (Å²) in [7, 11) is 1.59. The van der Waals surface area contributed by atoms with E-state index in [0.717, 1.165) is 6.42 Å². The van der Waals surface area contributed by atoms with Crippen LogP contribution in [-0.2, 0) is 16.1 Å². The van der Waals surface area contributed by atoms with Crippen LogP contribution in [0.25, 0.3) is 0 Å². The van der Waals surface area contributed by atoms with Crippen molar-refractivity contribution >= 4 is 17.7 Å². The number of amides is 2. The topological polar surface area (TPSA) is 105 Å². The molecule has 0 atom stereocenters. The Labute approximate surface area is 104 Å². The molecule has 1 rings (SSSR count). The number of carboxylic acid groups (broad SMARTS) is 1. The summed E-state index contributed by atoms with van der Waals surface area (Å²) in [5, 5.41) is 17.5. The highest BCUT2D eigenvalue weighted by Crippen LogP contribution is 2.04. The summed E-state index contributed by atoms with van der Waals surface area (Å²) >= 11 is 0. The Hall–Kier alpha value is -2.09. The van der Waals surface area contributed by atoms with E-state index in [1.54, 1.807) is 7.11 Å². The quantitative estimate of drug-likeness (QED) is 0.601. The van der Waals surface area contributed by atoms with Gasteiger partial charge < -0.3 is 20.5 Å². The Kier molecular flexibility index (Phi) is 5.65. The SMILES string of the molecule is COCCCNC(=O)Nc1cnn(CC(=O)O)c1. The number of carboxylic acids is 1. The molecule has 0 radical (unpaired) electrons. The van der Waals surface area contributed by atoms with Crippen molar-refractivity contribution in [2.45, 2.75) is 13.0 Å². The molecule has 8 heteroatoms. The van der Waals surface area contributed by atoms with Gasteiger partial charge in [-0.3, -0.25) is 9.48 Å². The van der Waals surface area contributed by atoms with E-state index in [1.165, 1.54) is 17.1 Å². The van der Waals surface area contributed by atoms with Crippen LogP contribution in [0.5, 0.6) is 0 Å². The van der Waals surface area contributed by atoms with Crippen LogP contribution in [0.4, 0.5) is 10.5 Å². The van der Waals surface area contributed by atoms with Gasteiger partial charge in [0.25, 0.3) is 0 Å². The number of hydrogen-bond donors (Lipinski definition) is 3. The molecule has 0 saturated carbocycles. The van der Waals surface area contributed by atoms with Crippen LogP contribution in [0.1, 0.15) is 6.42 Å². The average molecular weight is 256 g/mol. The van der Waals surface area contributed by atoms with Gasteiger partial charge in [-0.1, -0.05) is 0 Å². The molecule has 8 nitrogen and oxygen atoms in total. The highest BCUT2D eigenvalue weighted by Gasteiger charge is 2.05. The fourth-order valence-electron chi connectivity index (χ4n) is 1.25. The van der Waals surface area contributed by atoms with Gasteiger partial charge in [0.1, 0.15) is 6.54 Å². The van der Waals surface area contributed by atoms with Crippen molar-refractivity contribution in [3.8, 4) is 0 Å². The summed E-state index contributed by atoms with van der Waals surface area (Å²) in [5.41, 5.74) is 0.445. The van der Waals surface area contributed by atoms with Crippen LogP contribution < -0.4 is 10.6 Å². The van der Waals surface area contributed by atoms with Crippen LogP contribution >= 0.6 is 0 Å². The minimum atomic E-state index is -0.992. The van der Waals surface area contributed by atoms with Crippen LogP contribution in [0.2, 0.25) is 0 Å².